The normalized spacial score (nSPS) is 29.3. The zero-order valence-electron chi connectivity index (χ0n) is 16.7. The van der Waals surface area contributed by atoms with E-state index in [1.807, 2.05) is 6.07 Å². The number of fused-ring (bicyclic) bond motifs is 2. The van der Waals surface area contributed by atoms with Crippen molar-refractivity contribution in [3.63, 3.8) is 0 Å². The van der Waals surface area contributed by atoms with Crippen molar-refractivity contribution in [1.29, 1.82) is 0 Å². The minimum absolute atomic E-state index is 0. The Bertz CT molecular complexity index is 748. The highest BCUT2D eigenvalue weighted by Crippen LogP contribution is 2.51. The van der Waals surface area contributed by atoms with E-state index in [2.05, 4.69) is 9.88 Å². The maximum atomic E-state index is 11.7. The van der Waals surface area contributed by atoms with Gasteiger partial charge in [-0.15, -0.1) is 12.4 Å². The highest BCUT2D eigenvalue weighted by atomic mass is 35.5. The topological polar surface area (TPSA) is 98.0 Å². The van der Waals surface area contributed by atoms with Crippen LogP contribution in [-0.4, -0.2) is 73.2 Å². The third kappa shape index (κ3) is 3.93. The number of nitrogens with zero attached hydrogens (tertiary/aromatic N) is 3. The molecular weight excluding hydrogens is 396 g/mol. The molecule has 160 valence electrons. The summed E-state index contributed by atoms with van der Waals surface area (Å²) < 4.78 is 11.2. The predicted octanol–water partition coefficient (Wildman–Crippen LogP) is 1.63. The number of cyclic esters (lactones) is 1. The molecule has 29 heavy (non-hydrogen) atoms. The van der Waals surface area contributed by atoms with Gasteiger partial charge in [0.25, 0.3) is 5.91 Å². The first kappa shape index (κ1) is 21.8. The number of aromatic nitrogens is 1. The first-order valence-electron chi connectivity index (χ1n) is 10.00. The van der Waals surface area contributed by atoms with Crippen LogP contribution in [0.4, 0.5) is 4.79 Å². The van der Waals surface area contributed by atoms with Crippen molar-refractivity contribution in [3.8, 4) is 0 Å². The Morgan fingerprint density at radius 1 is 1.34 bits per heavy atom. The molecule has 3 aliphatic rings. The van der Waals surface area contributed by atoms with Crippen LogP contribution in [0.15, 0.2) is 18.3 Å². The largest absolute Gasteiger partial charge is 0.448 e. The minimum atomic E-state index is -0.520. The van der Waals surface area contributed by atoms with E-state index in [0.717, 1.165) is 38.0 Å². The number of carbonyl (C=O) groups is 2. The van der Waals surface area contributed by atoms with Crippen LogP contribution in [-0.2, 0) is 15.1 Å². The number of hydrogen-bond donors (Lipinski definition) is 1. The molecule has 1 aromatic heterocycles. The van der Waals surface area contributed by atoms with Crippen LogP contribution in [0.2, 0.25) is 0 Å². The first-order valence-corrected chi connectivity index (χ1v) is 10.00. The molecule has 3 fully saturated rings. The highest BCUT2D eigenvalue weighted by Gasteiger charge is 2.53. The van der Waals surface area contributed by atoms with E-state index in [0.29, 0.717) is 31.5 Å². The highest BCUT2D eigenvalue weighted by molar-refractivity contribution is 5.90. The van der Waals surface area contributed by atoms with Gasteiger partial charge in [0.05, 0.1) is 6.54 Å². The van der Waals surface area contributed by atoms with Crippen LogP contribution in [0.5, 0.6) is 0 Å². The molecule has 1 aromatic rings. The van der Waals surface area contributed by atoms with E-state index in [1.54, 1.807) is 24.3 Å². The Kier molecular flexibility index (Phi) is 6.65. The van der Waals surface area contributed by atoms with E-state index in [1.165, 1.54) is 6.42 Å². The van der Waals surface area contributed by atoms with Gasteiger partial charge in [0.2, 0.25) is 0 Å². The molecule has 0 aromatic carbocycles. The number of methoxy groups -OCH3 is 1. The number of ether oxygens (including phenoxy) is 2. The van der Waals surface area contributed by atoms with Crippen LogP contribution in [0, 0.1) is 11.8 Å². The van der Waals surface area contributed by atoms with Crippen molar-refractivity contribution in [3.05, 3.63) is 29.6 Å². The lowest BCUT2D eigenvalue weighted by molar-refractivity contribution is -0.169. The standard InChI is InChI=1S/C20H28N4O4.ClH/c1-27-20(14-5-6-22-17(11-14)18(21)25)15-3-2-4-16(20)13-23(12-15)7-8-24-9-10-28-19(24)26;/h5-6,11,15-16H,2-4,7-10,12-13H2,1H3,(H2,21,25);1H/t15-,16+,20+;. The van der Waals surface area contributed by atoms with E-state index in [-0.39, 0.29) is 24.2 Å². The molecule has 1 aliphatic carbocycles. The van der Waals surface area contributed by atoms with Crippen molar-refractivity contribution in [2.75, 3.05) is 46.4 Å². The molecule has 3 heterocycles. The third-order valence-electron chi connectivity index (χ3n) is 6.61. The SMILES string of the molecule is CO[C@@]1(c2ccnc(C(N)=O)c2)[C@@H]2CCC[C@H]1CN(CCN1CCOC1=O)C2.Cl. The second kappa shape index (κ2) is 8.85. The molecule has 0 spiro atoms. The number of halogens is 1. The lowest BCUT2D eigenvalue weighted by atomic mass is 9.62. The molecule has 9 heteroatoms. The van der Waals surface area contributed by atoms with Crippen LogP contribution in [0.3, 0.4) is 0 Å². The zero-order valence-corrected chi connectivity index (χ0v) is 17.5. The Labute approximate surface area is 177 Å². The summed E-state index contributed by atoms with van der Waals surface area (Å²) >= 11 is 0. The molecule has 1 saturated carbocycles. The molecule has 2 aliphatic heterocycles. The van der Waals surface area contributed by atoms with Crippen molar-refractivity contribution < 1.29 is 19.1 Å². The summed E-state index contributed by atoms with van der Waals surface area (Å²) in [7, 11) is 1.77. The lowest BCUT2D eigenvalue weighted by Crippen LogP contribution is -2.59. The van der Waals surface area contributed by atoms with Crippen LogP contribution in [0.25, 0.3) is 0 Å². The summed E-state index contributed by atoms with van der Waals surface area (Å²) in [6, 6.07) is 3.75. The Morgan fingerprint density at radius 3 is 2.66 bits per heavy atom. The lowest BCUT2D eigenvalue weighted by Gasteiger charge is -2.55. The van der Waals surface area contributed by atoms with Crippen molar-refractivity contribution in [2.45, 2.75) is 24.9 Å². The number of pyridine rings is 1. The molecule has 8 nitrogen and oxygen atoms in total. The van der Waals surface area contributed by atoms with Gasteiger partial charge in [-0.05, 0) is 30.5 Å². The van der Waals surface area contributed by atoms with Gasteiger partial charge in [0.15, 0.2) is 0 Å². The number of piperidine rings is 1. The fraction of sp³-hybridized carbons (Fsp3) is 0.650. The van der Waals surface area contributed by atoms with E-state index >= 15 is 0 Å². The number of primary amides is 1. The minimum Gasteiger partial charge on any atom is -0.448 e. The molecule has 0 radical (unpaired) electrons. The molecule has 0 unspecified atom stereocenters. The number of nitrogens with two attached hydrogens (primary N) is 1. The van der Waals surface area contributed by atoms with Crippen LogP contribution < -0.4 is 5.73 Å². The molecule has 2 saturated heterocycles. The third-order valence-corrected chi connectivity index (χ3v) is 6.61. The van der Waals surface area contributed by atoms with Gasteiger partial charge in [-0.3, -0.25) is 9.78 Å². The van der Waals surface area contributed by atoms with Gasteiger partial charge in [0.1, 0.15) is 17.9 Å². The van der Waals surface area contributed by atoms with Gasteiger partial charge in [-0.1, -0.05) is 6.42 Å². The average Bonchev–Trinajstić information content (AvgIpc) is 3.10. The van der Waals surface area contributed by atoms with Gasteiger partial charge in [0, 0.05) is 51.3 Å². The fourth-order valence-electron chi connectivity index (χ4n) is 5.33. The monoisotopic (exact) mass is 424 g/mol. The summed E-state index contributed by atoms with van der Waals surface area (Å²) in [6.07, 6.45) is 4.76. The Hall–Kier alpha value is -1.90. The van der Waals surface area contributed by atoms with Crippen molar-refractivity contribution in [1.82, 2.24) is 14.8 Å². The molecule has 2 bridgehead atoms. The second-order valence-electron chi connectivity index (χ2n) is 7.98. The molecule has 3 atom stereocenters. The quantitative estimate of drug-likeness (QED) is 0.745. The number of carbonyl (C=O) groups excluding carboxylic acids is 2. The Balaban J connectivity index is 0.00000240. The predicted molar refractivity (Wildman–Crippen MR) is 109 cm³/mol. The Morgan fingerprint density at radius 2 is 2.07 bits per heavy atom. The smallest absolute Gasteiger partial charge is 0.409 e. The van der Waals surface area contributed by atoms with Gasteiger partial charge >= 0.3 is 6.09 Å². The summed E-state index contributed by atoms with van der Waals surface area (Å²) in [4.78, 5) is 31.6. The first-order chi connectivity index (χ1) is 13.5. The zero-order chi connectivity index (χ0) is 19.7. The molecule has 2 amide bonds. The summed E-state index contributed by atoms with van der Waals surface area (Å²) in [5.74, 6) is 0.116. The maximum absolute atomic E-state index is 11.7. The average molecular weight is 425 g/mol. The number of likely N-dealkylation sites (tertiary alicyclic amines) is 1. The summed E-state index contributed by atoms with van der Waals surface area (Å²) in [5.41, 5.74) is 6.31. The van der Waals surface area contributed by atoms with Gasteiger partial charge in [-0.2, -0.15) is 0 Å². The van der Waals surface area contributed by atoms with E-state index in [4.69, 9.17) is 15.2 Å². The number of hydrogen-bond acceptors (Lipinski definition) is 6. The molecular formula is C20H29ClN4O4. The van der Waals surface area contributed by atoms with Crippen LogP contribution >= 0.6 is 12.4 Å². The van der Waals surface area contributed by atoms with Crippen molar-refractivity contribution in [2.24, 2.45) is 17.6 Å². The molecule has 2 N–H and O–H groups in total. The summed E-state index contributed by atoms with van der Waals surface area (Å²) in [6.45, 7) is 4.50. The van der Waals surface area contributed by atoms with Crippen LogP contribution in [0.1, 0.15) is 35.3 Å². The van der Waals surface area contributed by atoms with Gasteiger partial charge in [-0.25, -0.2) is 4.79 Å². The number of amides is 2. The van der Waals surface area contributed by atoms with E-state index in [9.17, 15) is 9.59 Å². The van der Waals surface area contributed by atoms with Crippen molar-refractivity contribution >= 4 is 24.4 Å². The fourth-order valence-corrected chi connectivity index (χ4v) is 5.33. The van der Waals surface area contributed by atoms with E-state index < -0.39 is 11.5 Å². The van der Waals surface area contributed by atoms with Gasteiger partial charge < -0.3 is 25.0 Å². The molecule has 4 rings (SSSR count). The second-order valence-corrected chi connectivity index (χ2v) is 7.98. The maximum Gasteiger partial charge on any atom is 0.409 e. The summed E-state index contributed by atoms with van der Waals surface area (Å²) in [5, 5.41) is 0. The number of rotatable bonds is 6.